The van der Waals surface area contributed by atoms with Crippen molar-refractivity contribution in [3.8, 4) is 23.0 Å². The van der Waals surface area contributed by atoms with Gasteiger partial charge in [-0.15, -0.1) is 0 Å². The molecule has 2 N–H and O–H groups in total. The van der Waals surface area contributed by atoms with Gasteiger partial charge in [-0.1, -0.05) is 35.9 Å². The lowest BCUT2D eigenvalue weighted by Crippen LogP contribution is -2.44. The Balaban J connectivity index is 1.67. The van der Waals surface area contributed by atoms with Gasteiger partial charge in [0.25, 0.3) is 0 Å². The zero-order chi connectivity index (χ0) is 35.6. The van der Waals surface area contributed by atoms with E-state index < -0.39 is 33.8 Å². The minimum Gasteiger partial charge on any atom is -0.493 e. The molecular weight excluding hydrogens is 675 g/mol. The van der Waals surface area contributed by atoms with E-state index in [1.54, 1.807) is 62.8 Å². The summed E-state index contributed by atoms with van der Waals surface area (Å²) in [5.41, 5.74) is 2.27. The second-order valence-electron chi connectivity index (χ2n) is 11.1. The van der Waals surface area contributed by atoms with E-state index in [2.05, 4.69) is 5.32 Å². The number of rotatable bonds is 18. The van der Waals surface area contributed by atoms with Crippen LogP contribution in [0.15, 0.2) is 89.8 Å². The molecule has 4 rings (SSSR count). The maximum atomic E-state index is 14.1. The number of hydrogen-bond donors (Lipinski definition) is 2. The number of carbonyl (C=O) groups is 1. The van der Waals surface area contributed by atoms with Crippen molar-refractivity contribution in [1.82, 2.24) is 9.62 Å². The molecular formula is C36H40ClFN2O8S. The Labute approximate surface area is 291 Å². The molecule has 0 spiro atoms. The van der Waals surface area contributed by atoms with Gasteiger partial charge in [0.1, 0.15) is 5.82 Å². The van der Waals surface area contributed by atoms with Gasteiger partial charge in [-0.3, -0.25) is 4.79 Å². The van der Waals surface area contributed by atoms with Crippen molar-refractivity contribution in [2.45, 2.75) is 23.8 Å². The lowest BCUT2D eigenvalue weighted by Gasteiger charge is -2.31. The molecule has 4 aromatic carbocycles. The standard InChI is InChI=1S/C36H40ClFN2O8S/c1-45-31-15-5-24(21-33(31)47-3)17-19-39-35(26-7-9-27(37)10-8-26)30(36(41)42)23-40(49(43,44)29-13-11-28(38)12-14-29)20-18-25-6-16-32(46-2)34(22-25)48-4/h5-16,21-22,30,35,39H,17-20,23H2,1-4H3,(H,41,42). The molecule has 13 heteroatoms. The molecule has 0 aliphatic carbocycles. The van der Waals surface area contributed by atoms with E-state index in [-0.39, 0.29) is 24.4 Å². The summed E-state index contributed by atoms with van der Waals surface area (Å²) in [4.78, 5) is 12.9. The van der Waals surface area contributed by atoms with Gasteiger partial charge in [0.2, 0.25) is 10.0 Å². The van der Waals surface area contributed by atoms with E-state index >= 15 is 0 Å². The van der Waals surface area contributed by atoms with Gasteiger partial charge in [-0.2, -0.15) is 4.31 Å². The highest BCUT2D eigenvalue weighted by molar-refractivity contribution is 7.89. The fourth-order valence-corrected chi connectivity index (χ4v) is 7.06. The third-order valence-corrected chi connectivity index (χ3v) is 10.3. The molecule has 0 saturated heterocycles. The largest absolute Gasteiger partial charge is 0.493 e. The Kier molecular flexibility index (Phi) is 13.3. The molecule has 0 amide bonds. The van der Waals surface area contributed by atoms with Crippen molar-refractivity contribution < 1.29 is 41.7 Å². The van der Waals surface area contributed by atoms with Crippen LogP contribution in [0.1, 0.15) is 22.7 Å². The summed E-state index contributed by atoms with van der Waals surface area (Å²) in [7, 11) is 1.84. The summed E-state index contributed by atoms with van der Waals surface area (Å²) in [6.45, 7) is -0.111. The number of nitrogens with zero attached hydrogens (tertiary/aromatic N) is 1. The van der Waals surface area contributed by atoms with E-state index in [9.17, 15) is 22.7 Å². The number of sulfonamides is 1. The first-order valence-electron chi connectivity index (χ1n) is 15.4. The molecule has 0 aliphatic heterocycles. The van der Waals surface area contributed by atoms with Crippen molar-refractivity contribution in [3.63, 3.8) is 0 Å². The summed E-state index contributed by atoms with van der Waals surface area (Å²) in [5, 5.41) is 14.5. The Bertz CT molecular complexity index is 1810. The fourth-order valence-electron chi connectivity index (χ4n) is 5.47. The molecule has 0 aliphatic rings. The van der Waals surface area contributed by atoms with Gasteiger partial charge in [-0.05, 0) is 96.7 Å². The molecule has 0 bridgehead atoms. The number of carboxylic acid groups (broad SMARTS) is 1. The van der Waals surface area contributed by atoms with E-state index in [1.807, 2.05) is 12.1 Å². The molecule has 0 saturated carbocycles. The van der Waals surface area contributed by atoms with Crippen LogP contribution in [-0.2, 0) is 27.7 Å². The van der Waals surface area contributed by atoms with Crippen LogP contribution in [-0.4, -0.2) is 71.9 Å². The molecule has 2 unspecified atom stereocenters. The maximum absolute atomic E-state index is 14.1. The van der Waals surface area contributed by atoms with Crippen molar-refractivity contribution >= 4 is 27.6 Å². The lowest BCUT2D eigenvalue weighted by atomic mass is 9.92. The first kappa shape index (κ1) is 37.5. The highest BCUT2D eigenvalue weighted by Gasteiger charge is 2.35. The molecule has 0 fully saturated rings. The third kappa shape index (κ3) is 9.63. The first-order valence-corrected chi connectivity index (χ1v) is 17.2. The van der Waals surface area contributed by atoms with Gasteiger partial charge >= 0.3 is 5.97 Å². The van der Waals surface area contributed by atoms with Crippen LogP contribution >= 0.6 is 11.6 Å². The summed E-state index contributed by atoms with van der Waals surface area (Å²) in [6.07, 6.45) is 0.735. The smallest absolute Gasteiger partial charge is 0.309 e. The summed E-state index contributed by atoms with van der Waals surface area (Å²) in [6, 6.07) is 21.1. The number of methoxy groups -OCH3 is 4. The van der Waals surface area contributed by atoms with Gasteiger partial charge in [-0.25, -0.2) is 12.8 Å². The average Bonchev–Trinajstić information content (AvgIpc) is 3.10. The number of carboxylic acids is 1. The normalized spacial score (nSPS) is 12.7. The van der Waals surface area contributed by atoms with Crippen LogP contribution in [0, 0.1) is 11.7 Å². The van der Waals surface area contributed by atoms with Gasteiger partial charge < -0.3 is 29.4 Å². The van der Waals surface area contributed by atoms with Crippen molar-refractivity contribution in [2.24, 2.45) is 5.92 Å². The highest BCUT2D eigenvalue weighted by atomic mass is 35.5. The van der Waals surface area contributed by atoms with Gasteiger partial charge in [0.15, 0.2) is 23.0 Å². The summed E-state index contributed by atoms with van der Waals surface area (Å²) >= 11 is 6.17. The molecule has 4 aromatic rings. The number of hydrogen-bond acceptors (Lipinski definition) is 8. The molecule has 2 atom stereocenters. The molecule has 0 aromatic heterocycles. The zero-order valence-corrected chi connectivity index (χ0v) is 29.3. The zero-order valence-electron chi connectivity index (χ0n) is 27.7. The van der Waals surface area contributed by atoms with E-state index in [0.717, 1.165) is 27.6 Å². The number of nitrogens with one attached hydrogen (secondary N) is 1. The number of aliphatic carboxylic acids is 1. The Morgan fingerprint density at radius 1 is 0.796 bits per heavy atom. The van der Waals surface area contributed by atoms with Gasteiger partial charge in [0, 0.05) is 24.2 Å². The van der Waals surface area contributed by atoms with E-state index in [1.165, 1.54) is 26.4 Å². The quantitative estimate of drug-likeness (QED) is 0.127. The fraction of sp³-hybridized carbons (Fsp3) is 0.306. The molecule has 0 heterocycles. The number of ether oxygens (including phenoxy) is 4. The predicted octanol–water partition coefficient (Wildman–Crippen LogP) is 6.02. The van der Waals surface area contributed by atoms with E-state index in [4.69, 9.17) is 30.5 Å². The molecule has 49 heavy (non-hydrogen) atoms. The average molecular weight is 715 g/mol. The first-order chi connectivity index (χ1) is 23.5. The van der Waals surface area contributed by atoms with Crippen LogP contribution in [0.25, 0.3) is 0 Å². The van der Waals surface area contributed by atoms with Crippen LogP contribution in [0.3, 0.4) is 0 Å². The van der Waals surface area contributed by atoms with Crippen LogP contribution in [0.4, 0.5) is 4.39 Å². The summed E-state index contributed by atoms with van der Waals surface area (Å²) in [5.74, 6) is -0.916. The predicted molar refractivity (Wildman–Crippen MR) is 185 cm³/mol. The second-order valence-corrected chi connectivity index (χ2v) is 13.5. The molecule has 0 radical (unpaired) electrons. The minimum atomic E-state index is -4.27. The Morgan fingerprint density at radius 2 is 1.33 bits per heavy atom. The third-order valence-electron chi connectivity index (χ3n) is 8.12. The monoisotopic (exact) mass is 714 g/mol. The number of halogens is 2. The van der Waals surface area contributed by atoms with Crippen LogP contribution < -0.4 is 24.3 Å². The van der Waals surface area contributed by atoms with Crippen molar-refractivity contribution in [3.05, 3.63) is 112 Å². The maximum Gasteiger partial charge on any atom is 0.309 e. The Hall–Kier alpha value is -4.36. The summed E-state index contributed by atoms with van der Waals surface area (Å²) < 4.78 is 64.5. The highest BCUT2D eigenvalue weighted by Crippen LogP contribution is 2.31. The Morgan fingerprint density at radius 3 is 1.84 bits per heavy atom. The second kappa shape index (κ2) is 17.3. The number of benzene rings is 4. The topological polar surface area (TPSA) is 124 Å². The van der Waals surface area contributed by atoms with E-state index in [0.29, 0.717) is 46.5 Å². The molecule has 10 nitrogen and oxygen atoms in total. The SMILES string of the molecule is COc1ccc(CCNC(c2ccc(Cl)cc2)C(CN(CCc2ccc(OC)c(OC)c2)S(=O)(=O)c2ccc(F)cc2)C(=O)O)cc1OC. The van der Waals surface area contributed by atoms with Crippen molar-refractivity contribution in [1.29, 1.82) is 0 Å². The van der Waals surface area contributed by atoms with Crippen molar-refractivity contribution in [2.75, 3.05) is 48.1 Å². The van der Waals surface area contributed by atoms with Crippen LogP contribution in [0.5, 0.6) is 23.0 Å². The van der Waals surface area contributed by atoms with Crippen LogP contribution in [0.2, 0.25) is 5.02 Å². The minimum absolute atomic E-state index is 0.0715. The lowest BCUT2D eigenvalue weighted by molar-refractivity contribution is -0.143. The van der Waals surface area contributed by atoms with Gasteiger partial charge in [0.05, 0.1) is 39.3 Å². The molecule has 262 valence electrons.